The Morgan fingerprint density at radius 1 is 1.38 bits per heavy atom. The molecule has 3 heterocycles. The van der Waals surface area contributed by atoms with E-state index in [2.05, 4.69) is 10.3 Å². The van der Waals surface area contributed by atoms with Crippen LogP contribution in [0, 0.1) is 6.92 Å². The van der Waals surface area contributed by atoms with Crippen LogP contribution in [0.2, 0.25) is 0 Å². The first kappa shape index (κ1) is 17.5. The zero-order valence-electron chi connectivity index (χ0n) is 13.5. The Hall–Kier alpha value is -1.29. The van der Waals surface area contributed by atoms with E-state index in [0.29, 0.717) is 30.8 Å². The third-order valence-corrected chi connectivity index (χ3v) is 7.49. The predicted octanol–water partition coefficient (Wildman–Crippen LogP) is 2.33. The van der Waals surface area contributed by atoms with Crippen molar-refractivity contribution in [3.05, 3.63) is 28.1 Å². The standard InChI is InChI=1S/C15H19N3O3S3/c1-10-13(23-15(16-10)12-4-3-9-22-12)14(19)17-11-5-7-18(8-6-11)24(2,20)21/h3-4,9,11H,5-8H2,1-2H3,(H,17,19). The summed E-state index contributed by atoms with van der Waals surface area (Å²) < 4.78 is 24.5. The molecule has 24 heavy (non-hydrogen) atoms. The van der Waals surface area contributed by atoms with Crippen molar-refractivity contribution >= 4 is 38.6 Å². The van der Waals surface area contributed by atoms with Gasteiger partial charge in [-0.3, -0.25) is 4.79 Å². The van der Waals surface area contributed by atoms with Crippen molar-refractivity contribution in [2.24, 2.45) is 0 Å². The van der Waals surface area contributed by atoms with Crippen molar-refractivity contribution in [2.75, 3.05) is 19.3 Å². The van der Waals surface area contributed by atoms with Crippen LogP contribution in [0.3, 0.4) is 0 Å². The number of hydrogen-bond acceptors (Lipinski definition) is 6. The van der Waals surface area contributed by atoms with Gasteiger partial charge < -0.3 is 5.32 Å². The third-order valence-electron chi connectivity index (χ3n) is 3.99. The number of nitrogens with one attached hydrogen (secondary N) is 1. The van der Waals surface area contributed by atoms with Gasteiger partial charge in [-0.15, -0.1) is 22.7 Å². The molecule has 1 saturated heterocycles. The van der Waals surface area contributed by atoms with Crippen LogP contribution in [-0.4, -0.2) is 49.0 Å². The number of sulfonamides is 1. The fourth-order valence-corrected chi connectivity index (χ4v) is 5.34. The first-order valence-corrected chi connectivity index (χ1v) is 11.2. The molecule has 0 aliphatic carbocycles. The Kier molecular flexibility index (Phi) is 5.05. The molecule has 0 bridgehead atoms. The SMILES string of the molecule is Cc1nc(-c2cccs2)sc1C(=O)NC1CCN(S(C)(=O)=O)CC1. The van der Waals surface area contributed by atoms with Crippen LogP contribution in [0.25, 0.3) is 9.88 Å². The number of piperidine rings is 1. The molecule has 130 valence electrons. The number of hydrogen-bond donors (Lipinski definition) is 1. The van der Waals surface area contributed by atoms with Gasteiger partial charge in [0.2, 0.25) is 10.0 Å². The average molecular weight is 386 g/mol. The Bertz CT molecular complexity index is 820. The lowest BCUT2D eigenvalue weighted by atomic mass is 10.1. The summed E-state index contributed by atoms with van der Waals surface area (Å²) >= 11 is 3.00. The molecule has 1 fully saturated rings. The van der Waals surface area contributed by atoms with Crippen LogP contribution in [0.5, 0.6) is 0 Å². The van der Waals surface area contributed by atoms with Crippen LogP contribution < -0.4 is 5.32 Å². The van der Waals surface area contributed by atoms with E-state index in [-0.39, 0.29) is 11.9 Å². The van der Waals surface area contributed by atoms with Gasteiger partial charge in [-0.2, -0.15) is 0 Å². The number of amides is 1. The van der Waals surface area contributed by atoms with E-state index in [0.717, 1.165) is 15.6 Å². The second-order valence-corrected chi connectivity index (χ2v) is 9.75. The molecule has 1 aliphatic heterocycles. The lowest BCUT2D eigenvalue weighted by Gasteiger charge is -2.30. The van der Waals surface area contributed by atoms with Gasteiger partial charge in [0.15, 0.2) is 0 Å². The Labute approximate surface area is 149 Å². The molecule has 0 saturated carbocycles. The fraction of sp³-hybridized carbons (Fsp3) is 0.467. The molecule has 1 N–H and O–H groups in total. The maximum atomic E-state index is 12.5. The smallest absolute Gasteiger partial charge is 0.263 e. The van der Waals surface area contributed by atoms with Gasteiger partial charge in [0.25, 0.3) is 5.91 Å². The largest absolute Gasteiger partial charge is 0.348 e. The molecular formula is C15H19N3O3S3. The number of carbonyl (C=O) groups is 1. The summed E-state index contributed by atoms with van der Waals surface area (Å²) in [7, 11) is -3.14. The molecule has 0 atom stereocenters. The van der Waals surface area contributed by atoms with E-state index in [1.54, 1.807) is 11.3 Å². The highest BCUT2D eigenvalue weighted by atomic mass is 32.2. The van der Waals surface area contributed by atoms with Gasteiger partial charge in [0.05, 0.1) is 16.8 Å². The second kappa shape index (κ2) is 6.91. The zero-order valence-corrected chi connectivity index (χ0v) is 15.9. The summed E-state index contributed by atoms with van der Waals surface area (Å²) in [5.74, 6) is -0.120. The molecule has 0 spiro atoms. The number of carbonyl (C=O) groups excluding carboxylic acids is 1. The number of thiophene rings is 1. The number of rotatable bonds is 4. The minimum absolute atomic E-state index is 0.00203. The monoisotopic (exact) mass is 385 g/mol. The van der Waals surface area contributed by atoms with Crippen molar-refractivity contribution in [2.45, 2.75) is 25.8 Å². The highest BCUT2D eigenvalue weighted by Crippen LogP contribution is 2.31. The van der Waals surface area contributed by atoms with E-state index in [1.807, 2.05) is 24.4 Å². The van der Waals surface area contributed by atoms with Crippen molar-refractivity contribution in [1.29, 1.82) is 0 Å². The number of nitrogens with zero attached hydrogens (tertiary/aromatic N) is 2. The number of aryl methyl sites for hydroxylation is 1. The molecule has 1 aliphatic rings. The highest BCUT2D eigenvalue weighted by molar-refractivity contribution is 7.88. The summed E-state index contributed by atoms with van der Waals surface area (Å²) in [4.78, 5) is 18.7. The molecule has 0 radical (unpaired) electrons. The maximum Gasteiger partial charge on any atom is 0.263 e. The van der Waals surface area contributed by atoms with Crippen LogP contribution in [0.15, 0.2) is 17.5 Å². The Morgan fingerprint density at radius 3 is 2.67 bits per heavy atom. The highest BCUT2D eigenvalue weighted by Gasteiger charge is 2.27. The van der Waals surface area contributed by atoms with Crippen LogP contribution in [0.4, 0.5) is 0 Å². The summed E-state index contributed by atoms with van der Waals surface area (Å²) in [5.41, 5.74) is 0.731. The minimum atomic E-state index is -3.14. The van der Waals surface area contributed by atoms with E-state index in [4.69, 9.17) is 0 Å². The molecular weight excluding hydrogens is 366 g/mol. The van der Waals surface area contributed by atoms with Crippen molar-refractivity contribution in [3.8, 4) is 9.88 Å². The topological polar surface area (TPSA) is 79.4 Å². The molecule has 1 amide bonds. The molecule has 9 heteroatoms. The summed E-state index contributed by atoms with van der Waals surface area (Å²) in [6.07, 6.45) is 2.49. The van der Waals surface area contributed by atoms with Crippen molar-refractivity contribution in [1.82, 2.24) is 14.6 Å². The van der Waals surface area contributed by atoms with E-state index in [1.165, 1.54) is 21.9 Å². The molecule has 2 aromatic heterocycles. The molecule has 0 unspecified atom stereocenters. The minimum Gasteiger partial charge on any atom is -0.348 e. The number of thiazole rings is 1. The first-order chi connectivity index (χ1) is 11.3. The summed E-state index contributed by atoms with van der Waals surface area (Å²) in [5, 5.41) is 5.87. The predicted molar refractivity (Wildman–Crippen MR) is 97.1 cm³/mol. The van der Waals surface area contributed by atoms with E-state index < -0.39 is 10.0 Å². The maximum absolute atomic E-state index is 12.5. The zero-order chi connectivity index (χ0) is 17.3. The molecule has 6 nitrogen and oxygen atoms in total. The second-order valence-electron chi connectivity index (χ2n) is 5.82. The van der Waals surface area contributed by atoms with Gasteiger partial charge in [0, 0.05) is 19.1 Å². The third kappa shape index (κ3) is 3.85. The lowest BCUT2D eigenvalue weighted by Crippen LogP contribution is -2.46. The van der Waals surface area contributed by atoms with Crippen molar-refractivity contribution < 1.29 is 13.2 Å². The van der Waals surface area contributed by atoms with Gasteiger partial charge in [0.1, 0.15) is 9.88 Å². The first-order valence-electron chi connectivity index (χ1n) is 7.62. The lowest BCUT2D eigenvalue weighted by molar-refractivity contribution is 0.0927. The van der Waals surface area contributed by atoms with Crippen LogP contribution in [-0.2, 0) is 10.0 Å². The van der Waals surface area contributed by atoms with Crippen LogP contribution >= 0.6 is 22.7 Å². The van der Waals surface area contributed by atoms with Gasteiger partial charge in [-0.25, -0.2) is 17.7 Å². The van der Waals surface area contributed by atoms with Gasteiger partial charge in [-0.1, -0.05) is 6.07 Å². The Morgan fingerprint density at radius 2 is 2.08 bits per heavy atom. The average Bonchev–Trinajstić information content (AvgIpc) is 3.16. The van der Waals surface area contributed by atoms with Gasteiger partial charge in [-0.05, 0) is 31.2 Å². The van der Waals surface area contributed by atoms with Crippen LogP contribution in [0.1, 0.15) is 28.2 Å². The summed E-state index contributed by atoms with van der Waals surface area (Å²) in [6.45, 7) is 2.74. The Balaban J connectivity index is 1.64. The summed E-state index contributed by atoms with van der Waals surface area (Å²) in [6, 6.07) is 3.96. The molecule has 0 aromatic carbocycles. The number of aromatic nitrogens is 1. The van der Waals surface area contributed by atoms with Crippen molar-refractivity contribution in [3.63, 3.8) is 0 Å². The normalized spacial score (nSPS) is 17.1. The molecule has 2 aromatic rings. The van der Waals surface area contributed by atoms with E-state index >= 15 is 0 Å². The fourth-order valence-electron chi connectivity index (χ4n) is 2.70. The van der Waals surface area contributed by atoms with Gasteiger partial charge >= 0.3 is 0 Å². The van der Waals surface area contributed by atoms with E-state index in [9.17, 15) is 13.2 Å². The quantitative estimate of drug-likeness (QED) is 0.876. The molecule has 3 rings (SSSR count).